The Morgan fingerprint density at radius 1 is 1.39 bits per heavy atom. The van der Waals surface area contributed by atoms with E-state index >= 15 is 0 Å². The zero-order valence-corrected chi connectivity index (χ0v) is 12.5. The van der Waals surface area contributed by atoms with Crippen molar-refractivity contribution in [1.82, 2.24) is 4.90 Å². The van der Waals surface area contributed by atoms with Crippen molar-refractivity contribution in [2.45, 2.75) is 30.9 Å². The zero-order valence-electron chi connectivity index (χ0n) is 10.8. The lowest BCUT2D eigenvalue weighted by molar-refractivity contribution is 0.265. The van der Waals surface area contributed by atoms with E-state index in [2.05, 4.69) is 47.7 Å². The van der Waals surface area contributed by atoms with Crippen LogP contribution in [-0.4, -0.2) is 40.2 Å². The van der Waals surface area contributed by atoms with E-state index in [9.17, 15) is 0 Å². The van der Waals surface area contributed by atoms with Crippen LogP contribution in [0, 0.1) is 11.8 Å². The zero-order chi connectivity index (χ0) is 13.0. The van der Waals surface area contributed by atoms with Crippen LogP contribution in [-0.2, 0) is 6.54 Å². The van der Waals surface area contributed by atoms with Crippen molar-refractivity contribution in [2.75, 3.05) is 19.7 Å². The van der Waals surface area contributed by atoms with Crippen LogP contribution in [0.15, 0.2) is 11.4 Å². The summed E-state index contributed by atoms with van der Waals surface area (Å²) in [4.78, 5) is 3.84. The molecule has 1 aliphatic heterocycles. The Labute approximate surface area is 117 Å². The lowest BCUT2D eigenvalue weighted by Gasteiger charge is -2.34. The standard InChI is InChI=1S/C14H19NOS2/c1-11-8-15(9-12(2)18-11)10-14-13(4-3-6-16)5-7-17-14/h5,7,11-12,16H,6,8-10H2,1-2H3. The minimum atomic E-state index is -0.0658. The maximum absolute atomic E-state index is 8.76. The first-order valence-electron chi connectivity index (χ1n) is 6.23. The van der Waals surface area contributed by atoms with Gasteiger partial charge in [0.1, 0.15) is 6.61 Å². The first-order valence-corrected chi connectivity index (χ1v) is 8.05. The van der Waals surface area contributed by atoms with E-state index < -0.39 is 0 Å². The van der Waals surface area contributed by atoms with E-state index in [1.54, 1.807) is 11.3 Å². The maximum Gasteiger partial charge on any atom is 0.104 e. The van der Waals surface area contributed by atoms with Crippen molar-refractivity contribution in [1.29, 1.82) is 0 Å². The van der Waals surface area contributed by atoms with Crippen LogP contribution in [0.3, 0.4) is 0 Å². The predicted molar refractivity (Wildman–Crippen MR) is 80.1 cm³/mol. The summed E-state index contributed by atoms with van der Waals surface area (Å²) in [6.45, 7) is 7.83. The molecule has 2 nitrogen and oxygen atoms in total. The Hall–Kier alpha value is -0.470. The third-order valence-electron chi connectivity index (χ3n) is 2.91. The van der Waals surface area contributed by atoms with E-state index in [1.165, 1.54) is 4.88 Å². The minimum absolute atomic E-state index is 0.0658. The van der Waals surface area contributed by atoms with Gasteiger partial charge in [0, 0.05) is 40.6 Å². The Morgan fingerprint density at radius 3 is 2.78 bits per heavy atom. The Bertz CT molecular complexity index is 436. The first kappa shape index (κ1) is 14.0. The van der Waals surface area contributed by atoms with Crippen LogP contribution in [0.25, 0.3) is 0 Å². The van der Waals surface area contributed by atoms with Gasteiger partial charge in [-0.05, 0) is 11.4 Å². The van der Waals surface area contributed by atoms with Gasteiger partial charge in [0.05, 0.1) is 0 Å². The molecule has 0 aliphatic carbocycles. The SMILES string of the molecule is CC1CN(Cc2sccc2C#CCO)CC(C)S1. The number of hydrogen-bond donors (Lipinski definition) is 1. The van der Waals surface area contributed by atoms with E-state index in [-0.39, 0.29) is 6.61 Å². The summed E-state index contributed by atoms with van der Waals surface area (Å²) in [7, 11) is 0. The molecule has 1 saturated heterocycles. The molecule has 0 aromatic carbocycles. The molecule has 98 valence electrons. The Balaban J connectivity index is 2.02. The molecule has 0 radical (unpaired) electrons. The van der Waals surface area contributed by atoms with Crippen molar-refractivity contribution in [3.63, 3.8) is 0 Å². The first-order chi connectivity index (χ1) is 8.69. The molecule has 2 unspecified atom stereocenters. The second-order valence-corrected chi connectivity index (χ2v) is 7.55. The third kappa shape index (κ3) is 3.76. The van der Waals surface area contributed by atoms with Crippen molar-refractivity contribution < 1.29 is 5.11 Å². The largest absolute Gasteiger partial charge is 0.384 e. The van der Waals surface area contributed by atoms with Gasteiger partial charge in [-0.2, -0.15) is 11.8 Å². The van der Waals surface area contributed by atoms with Crippen LogP contribution in [0.5, 0.6) is 0 Å². The van der Waals surface area contributed by atoms with Gasteiger partial charge in [-0.25, -0.2) is 0 Å². The molecule has 1 fully saturated rings. The molecular weight excluding hydrogens is 262 g/mol. The summed E-state index contributed by atoms with van der Waals surface area (Å²) < 4.78 is 0. The van der Waals surface area contributed by atoms with Gasteiger partial charge in [-0.3, -0.25) is 4.90 Å². The number of thioether (sulfide) groups is 1. The monoisotopic (exact) mass is 281 g/mol. The molecule has 4 heteroatoms. The molecule has 0 amide bonds. The smallest absolute Gasteiger partial charge is 0.104 e. The highest BCUT2D eigenvalue weighted by atomic mass is 32.2. The second kappa shape index (κ2) is 6.63. The molecule has 1 aliphatic rings. The van der Waals surface area contributed by atoms with Crippen molar-refractivity contribution in [3.05, 3.63) is 21.9 Å². The number of aliphatic hydroxyl groups is 1. The molecule has 2 heterocycles. The van der Waals surface area contributed by atoms with Gasteiger partial charge in [0.25, 0.3) is 0 Å². The van der Waals surface area contributed by atoms with Gasteiger partial charge in [0.15, 0.2) is 0 Å². The van der Waals surface area contributed by atoms with Gasteiger partial charge < -0.3 is 5.11 Å². The van der Waals surface area contributed by atoms with Gasteiger partial charge >= 0.3 is 0 Å². The fourth-order valence-corrected chi connectivity index (χ4v) is 4.58. The fourth-order valence-electron chi connectivity index (χ4n) is 2.33. The Morgan fingerprint density at radius 2 is 2.11 bits per heavy atom. The lowest BCUT2D eigenvalue weighted by Crippen LogP contribution is -2.39. The van der Waals surface area contributed by atoms with Crippen LogP contribution in [0.4, 0.5) is 0 Å². The van der Waals surface area contributed by atoms with E-state index in [4.69, 9.17) is 5.11 Å². The molecule has 0 spiro atoms. The molecular formula is C14H19NOS2. The molecule has 1 aromatic heterocycles. The summed E-state index contributed by atoms with van der Waals surface area (Å²) in [5.41, 5.74) is 1.08. The van der Waals surface area contributed by atoms with Crippen molar-refractivity contribution >= 4 is 23.1 Å². The average Bonchev–Trinajstić information content (AvgIpc) is 2.72. The highest BCUT2D eigenvalue weighted by Gasteiger charge is 2.22. The minimum Gasteiger partial charge on any atom is -0.384 e. The molecule has 2 rings (SSSR count). The Kier molecular flexibility index (Phi) is 5.13. The number of nitrogens with zero attached hydrogens (tertiary/aromatic N) is 1. The van der Waals surface area contributed by atoms with E-state index in [0.29, 0.717) is 10.5 Å². The lowest BCUT2D eigenvalue weighted by atomic mass is 10.2. The van der Waals surface area contributed by atoms with Crippen molar-refractivity contribution in [3.8, 4) is 11.8 Å². The van der Waals surface area contributed by atoms with Crippen LogP contribution in [0.2, 0.25) is 0 Å². The van der Waals surface area contributed by atoms with Crippen LogP contribution in [0.1, 0.15) is 24.3 Å². The number of hydrogen-bond acceptors (Lipinski definition) is 4. The summed E-state index contributed by atoms with van der Waals surface area (Å²) in [6.07, 6.45) is 0. The normalized spacial score (nSPS) is 24.6. The molecule has 0 bridgehead atoms. The summed E-state index contributed by atoms with van der Waals surface area (Å²) >= 11 is 3.84. The second-order valence-electron chi connectivity index (χ2n) is 4.67. The van der Waals surface area contributed by atoms with E-state index in [1.807, 2.05) is 6.07 Å². The van der Waals surface area contributed by atoms with Crippen LogP contribution >= 0.6 is 23.1 Å². The molecule has 18 heavy (non-hydrogen) atoms. The molecule has 1 aromatic rings. The topological polar surface area (TPSA) is 23.5 Å². The summed E-state index contributed by atoms with van der Waals surface area (Å²) in [5.74, 6) is 5.77. The fraction of sp³-hybridized carbons (Fsp3) is 0.571. The molecule has 0 saturated carbocycles. The van der Waals surface area contributed by atoms with Gasteiger partial charge in [0.2, 0.25) is 0 Å². The average molecular weight is 281 g/mol. The van der Waals surface area contributed by atoms with Gasteiger partial charge in [-0.1, -0.05) is 25.7 Å². The summed E-state index contributed by atoms with van der Waals surface area (Å²) in [6, 6.07) is 2.05. The van der Waals surface area contributed by atoms with Crippen molar-refractivity contribution in [2.24, 2.45) is 0 Å². The predicted octanol–water partition coefficient (Wildman–Crippen LogP) is 2.42. The maximum atomic E-state index is 8.76. The summed E-state index contributed by atoms with van der Waals surface area (Å²) in [5, 5.41) is 12.3. The molecule has 2 atom stereocenters. The van der Waals surface area contributed by atoms with E-state index in [0.717, 1.165) is 25.2 Å². The number of rotatable bonds is 2. The molecule has 1 N–H and O–H groups in total. The third-order valence-corrected chi connectivity index (χ3v) is 5.04. The number of aliphatic hydroxyl groups excluding tert-OH is 1. The van der Waals surface area contributed by atoms with Gasteiger partial charge in [-0.15, -0.1) is 11.3 Å². The van der Waals surface area contributed by atoms with Crippen LogP contribution < -0.4 is 0 Å². The quantitative estimate of drug-likeness (QED) is 0.842. The highest BCUT2D eigenvalue weighted by molar-refractivity contribution is 8.00. The highest BCUT2D eigenvalue weighted by Crippen LogP contribution is 2.27. The number of thiophene rings is 1.